The molecule has 4 atom stereocenters. The van der Waals surface area contributed by atoms with E-state index in [0.717, 1.165) is 0 Å². The molecule has 0 aliphatic carbocycles. The zero-order chi connectivity index (χ0) is 23.8. The van der Waals surface area contributed by atoms with Crippen LogP contribution in [0, 0.1) is 5.41 Å². The first-order valence-electron chi connectivity index (χ1n) is 9.85. The van der Waals surface area contributed by atoms with E-state index in [1.165, 1.54) is 40.2 Å². The number of hydrogen-bond acceptors (Lipinski definition) is 10. The van der Waals surface area contributed by atoms with E-state index in [1.54, 1.807) is 37.4 Å². The lowest BCUT2D eigenvalue weighted by Crippen LogP contribution is -2.83. The van der Waals surface area contributed by atoms with Gasteiger partial charge in [-0.15, -0.1) is 16.9 Å². The minimum atomic E-state index is -1.68. The van der Waals surface area contributed by atoms with Crippen LogP contribution in [0.1, 0.15) is 11.7 Å². The highest BCUT2D eigenvalue weighted by Crippen LogP contribution is 2.48. The molecular formula is C19H22N6O6S2. The Morgan fingerprint density at radius 2 is 2.12 bits per heavy atom. The first-order chi connectivity index (χ1) is 15.7. The van der Waals surface area contributed by atoms with E-state index < -0.39 is 40.4 Å². The van der Waals surface area contributed by atoms with Crippen LogP contribution in [0.3, 0.4) is 0 Å². The van der Waals surface area contributed by atoms with Gasteiger partial charge in [0.2, 0.25) is 5.16 Å². The number of carboxylic acids is 1. The molecule has 2 saturated heterocycles. The third-order valence-electron chi connectivity index (χ3n) is 5.71. The summed E-state index contributed by atoms with van der Waals surface area (Å²) in [5.41, 5.74) is -2.54. The van der Waals surface area contributed by atoms with Gasteiger partial charge < -0.3 is 25.2 Å². The van der Waals surface area contributed by atoms with Crippen LogP contribution in [0.25, 0.3) is 0 Å². The average Bonchev–Trinajstić information content (AvgIpc) is 3.25. The summed E-state index contributed by atoms with van der Waals surface area (Å²) in [5, 5.41) is 33.9. The number of nitrogens with zero attached hydrogens (tertiary/aromatic N) is 5. The molecule has 2 aromatic rings. The molecule has 3 heterocycles. The summed E-state index contributed by atoms with van der Waals surface area (Å²) in [6.45, 7) is -0.0562. The number of aliphatic hydroxyl groups excluding tert-OH is 1. The van der Waals surface area contributed by atoms with Crippen molar-refractivity contribution in [3.05, 3.63) is 35.9 Å². The molecular weight excluding hydrogens is 472 g/mol. The largest absolute Gasteiger partial charge is 0.481 e. The van der Waals surface area contributed by atoms with E-state index >= 15 is 0 Å². The van der Waals surface area contributed by atoms with Crippen LogP contribution in [-0.4, -0.2) is 89.4 Å². The van der Waals surface area contributed by atoms with Crippen LogP contribution in [0.4, 0.5) is 0 Å². The molecule has 2 fully saturated rings. The average molecular weight is 495 g/mol. The molecule has 0 spiro atoms. The van der Waals surface area contributed by atoms with Crippen LogP contribution in [-0.2, 0) is 26.2 Å². The van der Waals surface area contributed by atoms with Gasteiger partial charge in [-0.05, 0) is 16.0 Å². The van der Waals surface area contributed by atoms with Gasteiger partial charge in [0.1, 0.15) is 10.8 Å². The van der Waals surface area contributed by atoms with E-state index in [0.29, 0.717) is 10.7 Å². The number of aliphatic carboxylic acids is 1. The number of tetrazole rings is 1. The lowest BCUT2D eigenvalue weighted by molar-refractivity contribution is -0.201. The number of methoxy groups -OCH3 is 1. The fourth-order valence-electron chi connectivity index (χ4n) is 3.77. The number of fused-ring (bicyclic) bond motifs is 1. The number of aliphatic hydroxyl groups is 1. The smallest absolute Gasteiger partial charge is 0.313 e. The van der Waals surface area contributed by atoms with Crippen LogP contribution in [0.2, 0.25) is 0 Å². The number of thioether (sulfide) groups is 2. The zero-order valence-corrected chi connectivity index (χ0v) is 19.4. The minimum absolute atomic E-state index is 0.0562. The summed E-state index contributed by atoms with van der Waals surface area (Å²) in [6, 6.07) is 8.32. The Bertz CT molecular complexity index is 1070. The summed E-state index contributed by atoms with van der Waals surface area (Å²) >= 11 is 2.40. The van der Waals surface area contributed by atoms with Crippen molar-refractivity contribution in [1.82, 2.24) is 30.4 Å². The Kier molecular flexibility index (Phi) is 6.35. The molecule has 3 N–H and O–H groups in total. The van der Waals surface area contributed by atoms with Crippen molar-refractivity contribution in [1.29, 1.82) is 0 Å². The van der Waals surface area contributed by atoms with Crippen molar-refractivity contribution < 1.29 is 29.3 Å². The molecule has 3 unspecified atom stereocenters. The number of amides is 2. The minimum Gasteiger partial charge on any atom is -0.481 e. The highest BCUT2D eigenvalue weighted by Gasteiger charge is 2.67. The van der Waals surface area contributed by atoms with Crippen LogP contribution >= 0.6 is 23.5 Å². The number of aromatic nitrogens is 4. The highest BCUT2D eigenvalue weighted by atomic mass is 32.2. The second kappa shape index (κ2) is 8.93. The molecule has 14 heteroatoms. The van der Waals surface area contributed by atoms with Crippen molar-refractivity contribution in [3.63, 3.8) is 0 Å². The molecule has 4 rings (SSSR count). The lowest BCUT2D eigenvalue weighted by Gasteiger charge is -2.58. The van der Waals surface area contributed by atoms with Gasteiger partial charge in [-0.2, -0.15) is 0 Å². The first kappa shape index (κ1) is 23.5. The first-order valence-corrected chi connectivity index (χ1v) is 11.9. The van der Waals surface area contributed by atoms with E-state index in [1.807, 2.05) is 0 Å². The number of carbonyl (C=O) groups excluding carboxylic acids is 2. The number of benzene rings is 1. The highest BCUT2D eigenvalue weighted by molar-refractivity contribution is 8.00. The number of aryl methyl sites for hydroxylation is 1. The van der Waals surface area contributed by atoms with Crippen LogP contribution in [0.15, 0.2) is 35.5 Å². The monoisotopic (exact) mass is 494 g/mol. The maximum absolute atomic E-state index is 13.1. The summed E-state index contributed by atoms with van der Waals surface area (Å²) < 4.78 is 6.88. The fraction of sp³-hybridized carbons (Fsp3) is 0.474. The SMILES string of the molecule is COC1(NC(=O)C(O)c2ccccc2)C(=O)N2CC(CSc3nnnn3C)(C(=O)O)CS[C@@H]21. The summed E-state index contributed by atoms with van der Waals surface area (Å²) in [4.78, 5) is 39.4. The lowest BCUT2D eigenvalue weighted by atomic mass is 9.88. The van der Waals surface area contributed by atoms with Gasteiger partial charge in [0.15, 0.2) is 6.10 Å². The Labute approximate surface area is 197 Å². The molecule has 33 heavy (non-hydrogen) atoms. The van der Waals surface area contributed by atoms with Crippen LogP contribution in [0.5, 0.6) is 0 Å². The van der Waals surface area contributed by atoms with E-state index in [-0.39, 0.29) is 18.1 Å². The summed E-state index contributed by atoms with van der Waals surface area (Å²) in [7, 11) is 2.95. The third-order valence-corrected chi connectivity index (χ3v) is 8.63. The normalized spacial score (nSPS) is 27.4. The quantitative estimate of drug-likeness (QED) is 0.246. The van der Waals surface area contributed by atoms with Gasteiger partial charge in [-0.3, -0.25) is 14.4 Å². The van der Waals surface area contributed by atoms with Gasteiger partial charge in [-0.1, -0.05) is 42.1 Å². The van der Waals surface area contributed by atoms with E-state index in [2.05, 4.69) is 20.8 Å². The molecule has 2 aliphatic heterocycles. The number of hydrogen-bond donors (Lipinski definition) is 3. The zero-order valence-electron chi connectivity index (χ0n) is 17.7. The van der Waals surface area contributed by atoms with E-state index in [9.17, 15) is 24.6 Å². The Morgan fingerprint density at radius 1 is 1.39 bits per heavy atom. The van der Waals surface area contributed by atoms with Gasteiger partial charge in [0, 0.05) is 32.2 Å². The van der Waals surface area contributed by atoms with Gasteiger partial charge >= 0.3 is 5.97 Å². The maximum atomic E-state index is 13.1. The standard InChI is InChI=1S/C19H22N6O6S2/c1-24-17(21-22-23-24)33-10-18(16(29)30)8-25-14(28)19(31-2,15(25)32-9-18)20-13(27)12(26)11-6-4-3-5-7-11/h3-7,12,15,26H,8-10H2,1-2H3,(H,20,27)(H,29,30)/t12?,15-,18?,19?/m1/s1. The third kappa shape index (κ3) is 3.96. The molecule has 176 valence electrons. The predicted molar refractivity (Wildman–Crippen MR) is 117 cm³/mol. The van der Waals surface area contributed by atoms with Gasteiger partial charge in [-0.25, -0.2) is 4.68 Å². The van der Waals surface area contributed by atoms with Crippen molar-refractivity contribution in [3.8, 4) is 0 Å². The predicted octanol–water partition coefficient (Wildman–Crippen LogP) is -0.519. The molecule has 1 aromatic carbocycles. The second-order valence-corrected chi connectivity index (χ2v) is 9.81. The molecule has 0 bridgehead atoms. The molecule has 1 aromatic heterocycles. The van der Waals surface area contributed by atoms with Crippen molar-refractivity contribution in [2.24, 2.45) is 12.5 Å². The number of carbonyl (C=O) groups is 3. The number of β-lactam (4-membered cyclic amide) rings is 1. The Hall–Kier alpha value is -2.68. The van der Waals surface area contributed by atoms with Crippen LogP contribution < -0.4 is 5.32 Å². The summed E-state index contributed by atoms with van der Waals surface area (Å²) in [5.74, 6) is -2.05. The number of carboxylic acid groups (broad SMARTS) is 1. The molecule has 2 amide bonds. The van der Waals surface area contributed by atoms with Gasteiger partial charge in [0.25, 0.3) is 17.5 Å². The topological polar surface area (TPSA) is 160 Å². The number of rotatable bonds is 8. The number of nitrogens with one attached hydrogen (secondary N) is 1. The molecule has 0 radical (unpaired) electrons. The molecule has 0 saturated carbocycles. The van der Waals surface area contributed by atoms with Crippen molar-refractivity contribution in [2.45, 2.75) is 22.4 Å². The van der Waals surface area contributed by atoms with Crippen molar-refractivity contribution >= 4 is 41.3 Å². The second-order valence-electron chi connectivity index (χ2n) is 7.80. The van der Waals surface area contributed by atoms with E-state index in [4.69, 9.17) is 4.74 Å². The summed E-state index contributed by atoms with van der Waals surface area (Å²) in [6.07, 6.45) is -1.48. The Morgan fingerprint density at radius 3 is 2.73 bits per heavy atom. The fourth-order valence-corrected chi connectivity index (χ4v) is 6.57. The Balaban J connectivity index is 1.48. The maximum Gasteiger partial charge on any atom is 0.313 e. The number of ether oxygens (including phenoxy) is 1. The molecule has 2 aliphatic rings. The van der Waals surface area contributed by atoms with Gasteiger partial charge in [0.05, 0.1) is 0 Å². The molecule has 12 nitrogen and oxygen atoms in total. The van der Waals surface area contributed by atoms with Crippen molar-refractivity contribution in [2.75, 3.05) is 25.2 Å².